The Labute approximate surface area is 120 Å². The molecule has 2 heterocycles. The number of likely N-dealkylation sites (N-methyl/N-ethyl adjacent to an activating group) is 1. The molecule has 0 radical (unpaired) electrons. The van der Waals surface area contributed by atoms with Gasteiger partial charge in [0.05, 0.1) is 0 Å². The number of rotatable bonds is 5. The highest BCUT2D eigenvalue weighted by molar-refractivity contribution is 5.97. The van der Waals surface area contributed by atoms with Gasteiger partial charge in [-0.1, -0.05) is 12.1 Å². The van der Waals surface area contributed by atoms with Crippen LogP contribution in [0.2, 0.25) is 0 Å². The van der Waals surface area contributed by atoms with Gasteiger partial charge in [-0.15, -0.1) is 5.10 Å². The summed E-state index contributed by atoms with van der Waals surface area (Å²) in [6.07, 6.45) is 0.649. The third-order valence-corrected chi connectivity index (χ3v) is 2.68. The summed E-state index contributed by atoms with van der Waals surface area (Å²) >= 11 is 0. The highest BCUT2D eigenvalue weighted by atomic mass is 16.5. The van der Waals surface area contributed by atoms with Gasteiger partial charge in [-0.05, 0) is 6.92 Å². The first-order valence-electron chi connectivity index (χ1n) is 6.39. The summed E-state index contributed by atoms with van der Waals surface area (Å²) in [5, 5.41) is 12.6. The van der Waals surface area contributed by atoms with E-state index in [1.807, 2.05) is 6.92 Å². The lowest BCUT2D eigenvalue weighted by molar-refractivity contribution is -0.116. The van der Waals surface area contributed by atoms with Crippen molar-refractivity contribution in [3.8, 4) is 0 Å². The molecule has 0 bridgehead atoms. The van der Waals surface area contributed by atoms with Crippen molar-refractivity contribution < 1.29 is 14.1 Å². The number of nitrogens with zero attached hydrogens (tertiary/aromatic N) is 4. The molecule has 2 rings (SSSR count). The van der Waals surface area contributed by atoms with E-state index in [0.29, 0.717) is 23.8 Å². The van der Waals surface area contributed by atoms with Gasteiger partial charge in [-0.2, -0.15) is 0 Å². The standard InChI is InChI=1S/C12H16N6O3/c1-4-8-14-11(16-15-8)12(20)18(3)6-10(19)13-9-5-7(2)21-17-9/h5H,4,6H2,1-3H3,(H,13,17,19)(H,14,15,16). The van der Waals surface area contributed by atoms with Gasteiger partial charge >= 0.3 is 0 Å². The van der Waals surface area contributed by atoms with E-state index in [1.54, 1.807) is 13.0 Å². The van der Waals surface area contributed by atoms with E-state index >= 15 is 0 Å². The van der Waals surface area contributed by atoms with Crippen LogP contribution in [0.25, 0.3) is 0 Å². The molecule has 0 saturated carbocycles. The predicted molar refractivity (Wildman–Crippen MR) is 72.6 cm³/mol. The molecule has 112 valence electrons. The van der Waals surface area contributed by atoms with Crippen LogP contribution in [0.1, 0.15) is 29.1 Å². The zero-order valence-corrected chi connectivity index (χ0v) is 12.0. The third-order valence-electron chi connectivity index (χ3n) is 2.68. The van der Waals surface area contributed by atoms with E-state index in [2.05, 4.69) is 25.7 Å². The number of amides is 2. The Hall–Kier alpha value is -2.71. The lowest BCUT2D eigenvalue weighted by Gasteiger charge is -2.13. The minimum absolute atomic E-state index is 0.0411. The molecular weight excluding hydrogens is 276 g/mol. The molecule has 2 aromatic rings. The smallest absolute Gasteiger partial charge is 0.293 e. The maximum absolute atomic E-state index is 12.0. The zero-order valence-electron chi connectivity index (χ0n) is 12.0. The van der Waals surface area contributed by atoms with Gasteiger partial charge in [-0.25, -0.2) is 4.98 Å². The van der Waals surface area contributed by atoms with Crippen molar-refractivity contribution in [2.24, 2.45) is 0 Å². The van der Waals surface area contributed by atoms with Crippen LogP contribution in [0.5, 0.6) is 0 Å². The molecule has 0 atom stereocenters. The quantitative estimate of drug-likeness (QED) is 0.822. The van der Waals surface area contributed by atoms with Crippen LogP contribution in [0, 0.1) is 6.92 Å². The molecule has 21 heavy (non-hydrogen) atoms. The number of hydrogen-bond acceptors (Lipinski definition) is 6. The Bertz CT molecular complexity index is 647. The predicted octanol–water partition coefficient (Wildman–Crippen LogP) is 0.374. The molecule has 2 amide bonds. The number of aromatic nitrogens is 4. The lowest BCUT2D eigenvalue weighted by Crippen LogP contribution is -2.35. The molecule has 0 unspecified atom stereocenters. The van der Waals surface area contributed by atoms with E-state index in [1.165, 1.54) is 11.9 Å². The van der Waals surface area contributed by atoms with Crippen LogP contribution in [0.3, 0.4) is 0 Å². The van der Waals surface area contributed by atoms with Crippen LogP contribution < -0.4 is 5.32 Å². The van der Waals surface area contributed by atoms with E-state index in [4.69, 9.17) is 4.52 Å². The van der Waals surface area contributed by atoms with Crippen molar-refractivity contribution in [3.63, 3.8) is 0 Å². The Morgan fingerprint density at radius 2 is 2.24 bits per heavy atom. The van der Waals surface area contributed by atoms with Crippen molar-refractivity contribution in [2.45, 2.75) is 20.3 Å². The van der Waals surface area contributed by atoms with Gasteiger partial charge in [0.2, 0.25) is 11.7 Å². The number of aryl methyl sites for hydroxylation is 2. The summed E-state index contributed by atoms with van der Waals surface area (Å²) in [5.74, 6) is 0.739. The molecule has 2 N–H and O–H groups in total. The second-order valence-electron chi connectivity index (χ2n) is 4.49. The van der Waals surface area contributed by atoms with E-state index in [9.17, 15) is 9.59 Å². The van der Waals surface area contributed by atoms with Crippen molar-refractivity contribution in [1.82, 2.24) is 25.2 Å². The maximum atomic E-state index is 12.0. The summed E-state index contributed by atoms with van der Waals surface area (Å²) < 4.78 is 4.83. The first-order valence-corrected chi connectivity index (χ1v) is 6.39. The Balaban J connectivity index is 1.92. The summed E-state index contributed by atoms with van der Waals surface area (Å²) in [6.45, 7) is 3.47. The van der Waals surface area contributed by atoms with Gasteiger partial charge in [0.1, 0.15) is 18.1 Å². The topological polar surface area (TPSA) is 117 Å². The molecule has 0 aromatic carbocycles. The second kappa shape index (κ2) is 6.16. The van der Waals surface area contributed by atoms with Crippen molar-refractivity contribution >= 4 is 17.6 Å². The molecule has 9 heteroatoms. The molecule has 0 aliphatic rings. The second-order valence-corrected chi connectivity index (χ2v) is 4.49. The SMILES string of the molecule is CCc1nc(C(=O)N(C)CC(=O)Nc2cc(C)on2)n[nH]1. The summed E-state index contributed by atoms with van der Waals surface area (Å²) in [5.41, 5.74) is 0. The van der Waals surface area contributed by atoms with Crippen LogP contribution >= 0.6 is 0 Å². The monoisotopic (exact) mass is 292 g/mol. The Morgan fingerprint density at radius 3 is 2.81 bits per heavy atom. The molecule has 0 spiro atoms. The molecular formula is C12H16N6O3. The number of H-pyrrole nitrogens is 1. The van der Waals surface area contributed by atoms with Crippen LogP contribution in [-0.4, -0.2) is 50.6 Å². The molecule has 0 aliphatic heterocycles. The zero-order chi connectivity index (χ0) is 15.4. The molecule has 9 nitrogen and oxygen atoms in total. The first-order chi connectivity index (χ1) is 9.99. The maximum Gasteiger partial charge on any atom is 0.293 e. The summed E-state index contributed by atoms with van der Waals surface area (Å²) in [7, 11) is 1.50. The number of carbonyl (C=O) groups is 2. The minimum atomic E-state index is -0.433. The van der Waals surface area contributed by atoms with Crippen molar-refractivity contribution in [1.29, 1.82) is 0 Å². The van der Waals surface area contributed by atoms with Crippen LogP contribution in [0.4, 0.5) is 5.82 Å². The minimum Gasteiger partial charge on any atom is -0.360 e. The average Bonchev–Trinajstić information content (AvgIpc) is 3.06. The Kier molecular flexibility index (Phi) is 4.31. The van der Waals surface area contributed by atoms with Crippen LogP contribution in [-0.2, 0) is 11.2 Å². The number of aromatic amines is 1. The van der Waals surface area contributed by atoms with Crippen molar-refractivity contribution in [3.05, 3.63) is 23.5 Å². The largest absolute Gasteiger partial charge is 0.360 e. The lowest BCUT2D eigenvalue weighted by atomic mass is 10.4. The number of hydrogen-bond donors (Lipinski definition) is 2. The number of carbonyl (C=O) groups excluding carboxylic acids is 2. The van der Waals surface area contributed by atoms with Crippen LogP contribution in [0.15, 0.2) is 10.6 Å². The van der Waals surface area contributed by atoms with E-state index in [-0.39, 0.29) is 18.3 Å². The third kappa shape index (κ3) is 3.65. The van der Waals surface area contributed by atoms with Gasteiger partial charge in [0.15, 0.2) is 5.82 Å². The van der Waals surface area contributed by atoms with E-state index in [0.717, 1.165) is 0 Å². The average molecular weight is 292 g/mol. The highest BCUT2D eigenvalue weighted by Gasteiger charge is 2.19. The molecule has 0 saturated heterocycles. The van der Waals surface area contributed by atoms with Gasteiger partial charge in [0.25, 0.3) is 5.91 Å². The normalized spacial score (nSPS) is 10.4. The number of nitrogens with one attached hydrogen (secondary N) is 2. The fraction of sp³-hybridized carbons (Fsp3) is 0.417. The van der Waals surface area contributed by atoms with E-state index < -0.39 is 5.91 Å². The first kappa shape index (κ1) is 14.7. The van der Waals surface area contributed by atoms with Gasteiger partial charge < -0.3 is 14.7 Å². The molecule has 0 fully saturated rings. The summed E-state index contributed by atoms with van der Waals surface area (Å²) in [6, 6.07) is 1.59. The summed E-state index contributed by atoms with van der Waals surface area (Å²) in [4.78, 5) is 29.1. The van der Waals surface area contributed by atoms with Gasteiger partial charge in [-0.3, -0.25) is 14.7 Å². The molecule has 0 aliphatic carbocycles. The van der Waals surface area contributed by atoms with Crippen molar-refractivity contribution in [2.75, 3.05) is 18.9 Å². The fourth-order valence-electron chi connectivity index (χ4n) is 1.61. The fourth-order valence-corrected chi connectivity index (χ4v) is 1.61. The highest BCUT2D eigenvalue weighted by Crippen LogP contribution is 2.07. The number of anilines is 1. The Morgan fingerprint density at radius 1 is 1.48 bits per heavy atom. The molecule has 2 aromatic heterocycles. The van der Waals surface area contributed by atoms with Gasteiger partial charge in [0, 0.05) is 19.5 Å².